The molecule has 0 bridgehead atoms. The van der Waals surface area contributed by atoms with Gasteiger partial charge in [0, 0.05) is 12.6 Å². The maximum absolute atomic E-state index is 5.73. The van der Waals surface area contributed by atoms with Crippen molar-refractivity contribution in [2.75, 3.05) is 11.4 Å². The number of hydrogen-bond acceptors (Lipinski definition) is 3. The molecule has 1 fully saturated rings. The van der Waals surface area contributed by atoms with Crippen molar-refractivity contribution in [2.24, 2.45) is 0 Å². The van der Waals surface area contributed by atoms with Crippen LogP contribution in [0.4, 0.5) is 5.82 Å². The number of halogens is 1. The lowest BCUT2D eigenvalue weighted by Crippen LogP contribution is -2.40. The molecule has 94 valence electrons. The van der Waals surface area contributed by atoms with Gasteiger partial charge in [-0.05, 0) is 25.7 Å². The summed E-state index contributed by atoms with van der Waals surface area (Å²) < 4.78 is 0. The highest BCUT2D eigenvalue weighted by molar-refractivity contribution is 6.16. The van der Waals surface area contributed by atoms with Crippen molar-refractivity contribution in [2.45, 2.75) is 50.9 Å². The fraction of sp³-hybridized carbons (Fsp3) is 0.692. The summed E-state index contributed by atoms with van der Waals surface area (Å²) in [6.07, 6.45) is 10.0. The second-order valence-corrected chi connectivity index (χ2v) is 4.90. The van der Waals surface area contributed by atoms with Gasteiger partial charge in [-0.2, -0.15) is 0 Å². The minimum absolute atomic E-state index is 0.436. The zero-order chi connectivity index (χ0) is 12.1. The molecule has 1 aliphatic heterocycles. The molecule has 1 unspecified atom stereocenters. The standard InChI is InChI=1S/C13H20ClN3/c1-2-5-12-6-3-4-7-17(12)13-10-15-11(8-14)9-16-13/h9-10,12H,2-8H2,1H3. The summed E-state index contributed by atoms with van der Waals surface area (Å²) in [5.74, 6) is 1.45. The van der Waals surface area contributed by atoms with Gasteiger partial charge in [-0.1, -0.05) is 13.3 Å². The van der Waals surface area contributed by atoms with Crippen LogP contribution in [0.3, 0.4) is 0 Å². The summed E-state index contributed by atoms with van der Waals surface area (Å²) in [5, 5.41) is 0. The average molecular weight is 254 g/mol. The Hall–Kier alpha value is -0.830. The van der Waals surface area contributed by atoms with Crippen LogP contribution < -0.4 is 4.90 Å². The number of rotatable bonds is 4. The van der Waals surface area contributed by atoms with E-state index in [1.54, 1.807) is 6.20 Å². The normalized spacial score (nSPS) is 20.6. The fourth-order valence-corrected chi connectivity index (χ4v) is 2.64. The van der Waals surface area contributed by atoms with E-state index in [9.17, 15) is 0 Å². The number of anilines is 1. The van der Waals surface area contributed by atoms with Crippen molar-refractivity contribution in [3.63, 3.8) is 0 Å². The van der Waals surface area contributed by atoms with Gasteiger partial charge < -0.3 is 4.90 Å². The number of piperidine rings is 1. The number of nitrogens with zero attached hydrogens (tertiary/aromatic N) is 3. The summed E-state index contributed by atoms with van der Waals surface area (Å²) in [6.45, 7) is 3.36. The van der Waals surface area contributed by atoms with Gasteiger partial charge in [-0.15, -0.1) is 11.6 Å². The van der Waals surface area contributed by atoms with E-state index >= 15 is 0 Å². The third-order valence-electron chi connectivity index (χ3n) is 3.37. The first kappa shape index (κ1) is 12.6. The number of hydrogen-bond donors (Lipinski definition) is 0. The number of alkyl halides is 1. The molecule has 4 heteroatoms. The van der Waals surface area contributed by atoms with Gasteiger partial charge in [0.05, 0.1) is 24.0 Å². The molecule has 2 heterocycles. The molecule has 0 spiro atoms. The Bertz CT molecular complexity index is 337. The molecule has 1 aliphatic rings. The molecule has 0 N–H and O–H groups in total. The summed E-state index contributed by atoms with van der Waals surface area (Å²) in [4.78, 5) is 11.2. The highest BCUT2D eigenvalue weighted by Crippen LogP contribution is 2.25. The van der Waals surface area contributed by atoms with Gasteiger partial charge in [0.15, 0.2) is 0 Å². The third-order valence-corrected chi connectivity index (χ3v) is 3.65. The topological polar surface area (TPSA) is 29.0 Å². The van der Waals surface area contributed by atoms with E-state index in [-0.39, 0.29) is 0 Å². The van der Waals surface area contributed by atoms with Crippen molar-refractivity contribution in [1.82, 2.24) is 9.97 Å². The Labute approximate surface area is 108 Å². The molecular weight excluding hydrogens is 234 g/mol. The Morgan fingerprint density at radius 2 is 2.24 bits per heavy atom. The lowest BCUT2D eigenvalue weighted by atomic mass is 9.98. The average Bonchev–Trinajstić information content (AvgIpc) is 2.40. The summed E-state index contributed by atoms with van der Waals surface area (Å²) >= 11 is 5.73. The molecule has 1 aromatic heterocycles. The maximum atomic E-state index is 5.73. The van der Waals surface area contributed by atoms with E-state index < -0.39 is 0 Å². The van der Waals surface area contributed by atoms with Gasteiger partial charge in [0.1, 0.15) is 5.82 Å². The van der Waals surface area contributed by atoms with E-state index in [0.717, 1.165) is 18.1 Å². The molecule has 0 amide bonds. The maximum Gasteiger partial charge on any atom is 0.147 e. The van der Waals surface area contributed by atoms with E-state index in [1.807, 2.05) is 6.20 Å². The van der Waals surface area contributed by atoms with E-state index in [0.29, 0.717) is 11.9 Å². The van der Waals surface area contributed by atoms with Gasteiger partial charge in [0.25, 0.3) is 0 Å². The largest absolute Gasteiger partial charge is 0.352 e. The van der Waals surface area contributed by atoms with Crippen LogP contribution in [0.15, 0.2) is 12.4 Å². The van der Waals surface area contributed by atoms with Crippen molar-refractivity contribution in [3.05, 3.63) is 18.1 Å². The molecule has 2 rings (SSSR count). The van der Waals surface area contributed by atoms with Crippen LogP contribution in [-0.2, 0) is 5.88 Å². The Morgan fingerprint density at radius 3 is 2.88 bits per heavy atom. The lowest BCUT2D eigenvalue weighted by molar-refractivity contribution is 0.431. The molecule has 0 radical (unpaired) electrons. The van der Waals surface area contributed by atoms with Crippen molar-refractivity contribution >= 4 is 17.4 Å². The van der Waals surface area contributed by atoms with Crippen LogP contribution in [0.5, 0.6) is 0 Å². The van der Waals surface area contributed by atoms with Crippen LogP contribution in [0.25, 0.3) is 0 Å². The Balaban J connectivity index is 2.11. The molecule has 1 atom stereocenters. The molecular formula is C13H20ClN3. The van der Waals surface area contributed by atoms with Crippen LogP contribution in [0.1, 0.15) is 44.7 Å². The summed E-state index contributed by atoms with van der Waals surface area (Å²) in [6, 6.07) is 0.643. The SMILES string of the molecule is CCCC1CCCCN1c1cnc(CCl)cn1. The van der Waals surface area contributed by atoms with Gasteiger partial charge in [0.2, 0.25) is 0 Å². The molecule has 0 aliphatic carbocycles. The molecule has 0 aromatic carbocycles. The minimum Gasteiger partial charge on any atom is -0.352 e. The van der Waals surface area contributed by atoms with Gasteiger partial charge in [-0.25, -0.2) is 4.98 Å². The van der Waals surface area contributed by atoms with Crippen LogP contribution >= 0.6 is 11.6 Å². The molecule has 0 saturated carbocycles. The van der Waals surface area contributed by atoms with Crippen LogP contribution in [-0.4, -0.2) is 22.6 Å². The number of aromatic nitrogens is 2. The summed E-state index contributed by atoms with van der Waals surface area (Å²) in [7, 11) is 0. The zero-order valence-corrected chi connectivity index (χ0v) is 11.2. The second kappa shape index (κ2) is 6.20. The van der Waals surface area contributed by atoms with Crippen molar-refractivity contribution < 1.29 is 0 Å². The molecule has 3 nitrogen and oxygen atoms in total. The first-order valence-electron chi connectivity index (χ1n) is 6.48. The predicted octanol–water partition coefficient (Wildman–Crippen LogP) is 3.37. The third kappa shape index (κ3) is 3.09. The zero-order valence-electron chi connectivity index (χ0n) is 10.4. The van der Waals surface area contributed by atoms with Gasteiger partial charge in [-0.3, -0.25) is 4.98 Å². The molecule has 1 aromatic rings. The highest BCUT2D eigenvalue weighted by Gasteiger charge is 2.22. The Kier molecular flexibility index (Phi) is 4.60. The predicted molar refractivity (Wildman–Crippen MR) is 71.5 cm³/mol. The van der Waals surface area contributed by atoms with Crippen LogP contribution in [0.2, 0.25) is 0 Å². The van der Waals surface area contributed by atoms with E-state index in [2.05, 4.69) is 21.8 Å². The van der Waals surface area contributed by atoms with E-state index in [1.165, 1.54) is 32.1 Å². The molecule has 1 saturated heterocycles. The smallest absolute Gasteiger partial charge is 0.147 e. The van der Waals surface area contributed by atoms with E-state index in [4.69, 9.17) is 11.6 Å². The summed E-state index contributed by atoms with van der Waals surface area (Å²) in [5.41, 5.74) is 0.847. The van der Waals surface area contributed by atoms with Crippen LogP contribution in [0, 0.1) is 0 Å². The first-order valence-corrected chi connectivity index (χ1v) is 7.02. The Morgan fingerprint density at radius 1 is 1.35 bits per heavy atom. The fourth-order valence-electron chi connectivity index (χ4n) is 2.50. The highest BCUT2D eigenvalue weighted by atomic mass is 35.5. The van der Waals surface area contributed by atoms with Crippen molar-refractivity contribution in [3.8, 4) is 0 Å². The quantitative estimate of drug-likeness (QED) is 0.771. The molecule has 17 heavy (non-hydrogen) atoms. The first-order chi connectivity index (χ1) is 8.35. The van der Waals surface area contributed by atoms with Gasteiger partial charge >= 0.3 is 0 Å². The lowest BCUT2D eigenvalue weighted by Gasteiger charge is -2.36. The van der Waals surface area contributed by atoms with Crippen molar-refractivity contribution in [1.29, 1.82) is 0 Å². The minimum atomic E-state index is 0.436. The second-order valence-electron chi connectivity index (χ2n) is 4.63. The monoisotopic (exact) mass is 253 g/mol.